The lowest BCUT2D eigenvalue weighted by Gasteiger charge is -2.40. The van der Waals surface area contributed by atoms with Crippen LogP contribution in [0.1, 0.15) is 30.9 Å². The number of ether oxygens (including phenoxy) is 1. The highest BCUT2D eigenvalue weighted by atomic mass is 35.5. The topological polar surface area (TPSA) is 58.8 Å². The molecular weight excluding hydrogens is 361 g/mol. The molecule has 2 N–H and O–H groups in total. The van der Waals surface area contributed by atoms with E-state index in [2.05, 4.69) is 4.90 Å². The molecule has 0 aliphatic carbocycles. The second kappa shape index (κ2) is 11.0. The molecular formula is C18H29Cl2N3O2. The third kappa shape index (κ3) is 6.12. The number of rotatable bonds is 4. The van der Waals surface area contributed by atoms with Gasteiger partial charge in [0.1, 0.15) is 0 Å². The van der Waals surface area contributed by atoms with E-state index in [4.69, 9.17) is 10.5 Å². The van der Waals surface area contributed by atoms with Crippen LogP contribution >= 0.6 is 24.8 Å². The summed E-state index contributed by atoms with van der Waals surface area (Å²) in [6.45, 7) is 5.31. The van der Waals surface area contributed by atoms with Crippen LogP contribution in [-0.2, 0) is 9.53 Å². The molecule has 2 aliphatic rings. The third-order valence-corrected chi connectivity index (χ3v) is 5.00. The average Bonchev–Trinajstić information content (AvgIpc) is 2.63. The Morgan fingerprint density at radius 1 is 1.08 bits per heavy atom. The molecule has 2 aliphatic heterocycles. The van der Waals surface area contributed by atoms with Crippen molar-refractivity contribution in [2.24, 2.45) is 5.73 Å². The molecule has 2 saturated heterocycles. The molecule has 2 fully saturated rings. The Morgan fingerprint density at radius 2 is 1.68 bits per heavy atom. The van der Waals surface area contributed by atoms with Gasteiger partial charge in [-0.3, -0.25) is 9.69 Å². The smallest absolute Gasteiger partial charge is 0.224 e. The summed E-state index contributed by atoms with van der Waals surface area (Å²) in [4.78, 5) is 17.0. The van der Waals surface area contributed by atoms with E-state index in [0.717, 1.165) is 57.8 Å². The Labute approximate surface area is 162 Å². The number of hydrogen-bond donors (Lipinski definition) is 1. The van der Waals surface area contributed by atoms with E-state index in [0.29, 0.717) is 12.5 Å². The molecule has 25 heavy (non-hydrogen) atoms. The molecule has 1 aromatic rings. The first-order valence-corrected chi connectivity index (χ1v) is 8.64. The van der Waals surface area contributed by atoms with Crippen molar-refractivity contribution in [2.45, 2.75) is 31.3 Å². The van der Waals surface area contributed by atoms with Crippen molar-refractivity contribution in [3.63, 3.8) is 0 Å². The molecule has 0 saturated carbocycles. The van der Waals surface area contributed by atoms with Crippen molar-refractivity contribution in [3.05, 3.63) is 35.9 Å². The van der Waals surface area contributed by atoms with Gasteiger partial charge in [-0.05, 0) is 18.4 Å². The Kier molecular flexibility index (Phi) is 9.75. The van der Waals surface area contributed by atoms with Gasteiger partial charge in [-0.25, -0.2) is 0 Å². The molecule has 1 atom stereocenters. The van der Waals surface area contributed by atoms with E-state index in [1.165, 1.54) is 0 Å². The van der Waals surface area contributed by atoms with Crippen LogP contribution in [-0.4, -0.2) is 61.1 Å². The highest BCUT2D eigenvalue weighted by Crippen LogP contribution is 2.19. The zero-order valence-electron chi connectivity index (χ0n) is 14.5. The molecule has 5 nitrogen and oxygen atoms in total. The first-order valence-electron chi connectivity index (χ1n) is 8.64. The Balaban J connectivity index is 0.00000156. The molecule has 0 bridgehead atoms. The van der Waals surface area contributed by atoms with Crippen molar-refractivity contribution in [2.75, 3.05) is 39.4 Å². The fourth-order valence-electron chi connectivity index (χ4n) is 3.52. The quantitative estimate of drug-likeness (QED) is 0.857. The molecule has 7 heteroatoms. The monoisotopic (exact) mass is 389 g/mol. The number of amides is 1. The molecule has 0 spiro atoms. The molecule has 2 heterocycles. The summed E-state index contributed by atoms with van der Waals surface area (Å²) >= 11 is 0. The van der Waals surface area contributed by atoms with Crippen LogP contribution in [0.2, 0.25) is 0 Å². The minimum atomic E-state index is -0.211. The van der Waals surface area contributed by atoms with Gasteiger partial charge in [-0.15, -0.1) is 24.8 Å². The second-order valence-electron chi connectivity index (χ2n) is 6.48. The molecule has 142 valence electrons. The standard InChI is InChI=1S/C18H27N3O2.2ClH/c19-17(15-4-2-1-3-5-15)14-18(22)21-10-8-20(9-11-21)16-6-12-23-13-7-16;;/h1-5,16-17H,6-14,19H2;2*1H. The van der Waals surface area contributed by atoms with Crippen LogP contribution in [0.5, 0.6) is 0 Å². The lowest BCUT2D eigenvalue weighted by atomic mass is 10.0. The van der Waals surface area contributed by atoms with Crippen LogP contribution in [0.25, 0.3) is 0 Å². The number of carbonyl (C=O) groups excluding carboxylic acids is 1. The van der Waals surface area contributed by atoms with Gasteiger partial charge in [-0.1, -0.05) is 30.3 Å². The number of nitrogens with two attached hydrogens (primary N) is 1. The van der Waals surface area contributed by atoms with E-state index in [1.54, 1.807) is 0 Å². The highest BCUT2D eigenvalue weighted by Gasteiger charge is 2.27. The maximum Gasteiger partial charge on any atom is 0.224 e. The summed E-state index contributed by atoms with van der Waals surface area (Å²) in [5.41, 5.74) is 7.20. The Hall–Kier alpha value is -0.850. The van der Waals surface area contributed by atoms with Gasteiger partial charge in [0.25, 0.3) is 0 Å². The van der Waals surface area contributed by atoms with Gasteiger partial charge in [0.2, 0.25) is 5.91 Å². The molecule has 1 unspecified atom stereocenters. The fraction of sp³-hybridized carbons (Fsp3) is 0.611. The number of carbonyl (C=O) groups is 1. The summed E-state index contributed by atoms with van der Waals surface area (Å²) in [7, 11) is 0. The molecule has 1 aromatic carbocycles. The maximum atomic E-state index is 12.5. The van der Waals surface area contributed by atoms with E-state index in [1.807, 2.05) is 35.2 Å². The van der Waals surface area contributed by atoms with Gasteiger partial charge in [-0.2, -0.15) is 0 Å². The molecule has 1 amide bonds. The SMILES string of the molecule is Cl.Cl.NC(CC(=O)N1CCN(C2CCOCC2)CC1)c1ccccc1. The summed E-state index contributed by atoms with van der Waals surface area (Å²) in [6, 6.07) is 10.3. The van der Waals surface area contributed by atoms with Gasteiger partial charge < -0.3 is 15.4 Å². The summed E-state index contributed by atoms with van der Waals surface area (Å²) in [6.07, 6.45) is 2.63. The zero-order chi connectivity index (χ0) is 16.1. The number of hydrogen-bond acceptors (Lipinski definition) is 4. The second-order valence-corrected chi connectivity index (χ2v) is 6.48. The van der Waals surface area contributed by atoms with E-state index >= 15 is 0 Å². The third-order valence-electron chi connectivity index (χ3n) is 5.00. The highest BCUT2D eigenvalue weighted by molar-refractivity contribution is 5.85. The zero-order valence-corrected chi connectivity index (χ0v) is 16.1. The number of halogens is 2. The van der Waals surface area contributed by atoms with Crippen LogP contribution in [0.15, 0.2) is 30.3 Å². The van der Waals surface area contributed by atoms with Gasteiger partial charge in [0.05, 0.1) is 0 Å². The number of nitrogens with zero attached hydrogens (tertiary/aromatic N) is 2. The van der Waals surface area contributed by atoms with Gasteiger partial charge in [0, 0.05) is 57.9 Å². The Bertz CT molecular complexity index is 504. The summed E-state index contributed by atoms with van der Waals surface area (Å²) in [5, 5.41) is 0. The summed E-state index contributed by atoms with van der Waals surface area (Å²) in [5.74, 6) is 0.174. The molecule has 0 aromatic heterocycles. The fourth-order valence-corrected chi connectivity index (χ4v) is 3.52. The number of benzene rings is 1. The minimum absolute atomic E-state index is 0. The Morgan fingerprint density at radius 3 is 2.28 bits per heavy atom. The van der Waals surface area contributed by atoms with Gasteiger partial charge >= 0.3 is 0 Å². The van der Waals surface area contributed by atoms with Crippen LogP contribution < -0.4 is 5.73 Å². The van der Waals surface area contributed by atoms with Crippen molar-refractivity contribution in [3.8, 4) is 0 Å². The molecule has 0 radical (unpaired) electrons. The lowest BCUT2D eigenvalue weighted by molar-refractivity contribution is -0.134. The van der Waals surface area contributed by atoms with Crippen molar-refractivity contribution in [1.29, 1.82) is 0 Å². The van der Waals surface area contributed by atoms with Crippen LogP contribution in [0, 0.1) is 0 Å². The normalized spacial score (nSPS) is 20.3. The predicted molar refractivity (Wildman–Crippen MR) is 104 cm³/mol. The maximum absolute atomic E-state index is 12.5. The van der Waals surface area contributed by atoms with E-state index < -0.39 is 0 Å². The minimum Gasteiger partial charge on any atom is -0.381 e. The van der Waals surface area contributed by atoms with Crippen molar-refractivity contribution >= 4 is 30.7 Å². The van der Waals surface area contributed by atoms with Crippen molar-refractivity contribution < 1.29 is 9.53 Å². The summed E-state index contributed by atoms with van der Waals surface area (Å²) < 4.78 is 5.43. The van der Waals surface area contributed by atoms with Crippen LogP contribution in [0.4, 0.5) is 0 Å². The number of piperazine rings is 1. The van der Waals surface area contributed by atoms with E-state index in [9.17, 15) is 4.79 Å². The average molecular weight is 390 g/mol. The largest absolute Gasteiger partial charge is 0.381 e. The predicted octanol–water partition coefficient (Wildman–Crippen LogP) is 2.24. The van der Waals surface area contributed by atoms with Crippen molar-refractivity contribution in [1.82, 2.24) is 9.80 Å². The van der Waals surface area contributed by atoms with E-state index in [-0.39, 0.29) is 36.8 Å². The van der Waals surface area contributed by atoms with Crippen LogP contribution in [0.3, 0.4) is 0 Å². The first-order chi connectivity index (χ1) is 11.2. The molecule has 3 rings (SSSR count). The lowest BCUT2D eigenvalue weighted by Crippen LogP contribution is -2.53. The first kappa shape index (κ1) is 22.2. The van der Waals surface area contributed by atoms with Gasteiger partial charge in [0.15, 0.2) is 0 Å².